The normalized spacial score (nSPS) is 14.8. The molecule has 0 saturated carbocycles. The van der Waals surface area contributed by atoms with Gasteiger partial charge >= 0.3 is 0 Å². The monoisotopic (exact) mass is 476 g/mol. The number of nitrogens with zero attached hydrogens (tertiary/aromatic N) is 2. The van der Waals surface area contributed by atoms with Gasteiger partial charge in [0.2, 0.25) is 5.91 Å². The molecule has 0 aliphatic carbocycles. The molecule has 0 N–H and O–H groups in total. The zero-order valence-electron chi connectivity index (χ0n) is 19.4. The Morgan fingerprint density at radius 3 is 2.65 bits per heavy atom. The number of hydrogen-bond acceptors (Lipinski definition) is 5. The van der Waals surface area contributed by atoms with E-state index in [0.29, 0.717) is 23.6 Å². The molecule has 0 spiro atoms. The van der Waals surface area contributed by atoms with Crippen molar-refractivity contribution in [3.8, 4) is 11.5 Å². The van der Waals surface area contributed by atoms with E-state index in [1.165, 1.54) is 16.9 Å². The van der Waals surface area contributed by atoms with Gasteiger partial charge in [-0.25, -0.2) is 0 Å². The van der Waals surface area contributed by atoms with Gasteiger partial charge in [-0.3, -0.25) is 9.59 Å². The van der Waals surface area contributed by atoms with Crippen LogP contribution in [0.2, 0.25) is 0 Å². The van der Waals surface area contributed by atoms with Gasteiger partial charge in [-0.05, 0) is 41.1 Å². The number of hydrogen-bond donors (Lipinski definition) is 0. The number of amides is 2. The van der Waals surface area contributed by atoms with E-state index in [1.807, 2.05) is 35.2 Å². The molecule has 0 fully saturated rings. The molecule has 3 aromatic rings. The summed E-state index contributed by atoms with van der Waals surface area (Å²) in [6.07, 6.45) is 2.44. The van der Waals surface area contributed by atoms with E-state index in [1.54, 1.807) is 42.7 Å². The van der Waals surface area contributed by atoms with Gasteiger partial charge in [0.15, 0.2) is 0 Å². The zero-order chi connectivity index (χ0) is 24.1. The highest BCUT2D eigenvalue weighted by molar-refractivity contribution is 7.10. The molecular formula is C27H28N2O4S. The molecule has 2 amide bonds. The van der Waals surface area contributed by atoms with Crippen LogP contribution < -0.4 is 9.47 Å². The highest BCUT2D eigenvalue weighted by Gasteiger charge is 2.34. The second-order valence-corrected chi connectivity index (χ2v) is 8.99. The molecule has 0 bridgehead atoms. The van der Waals surface area contributed by atoms with Crippen molar-refractivity contribution >= 4 is 23.2 Å². The quantitative estimate of drug-likeness (QED) is 0.447. The molecule has 176 valence electrons. The van der Waals surface area contributed by atoms with E-state index in [2.05, 4.69) is 18.0 Å². The lowest BCUT2D eigenvalue weighted by Crippen LogP contribution is -2.46. The van der Waals surface area contributed by atoms with Crippen LogP contribution in [0.5, 0.6) is 11.5 Å². The first kappa shape index (κ1) is 23.6. The van der Waals surface area contributed by atoms with Gasteiger partial charge in [0.05, 0.1) is 25.8 Å². The van der Waals surface area contributed by atoms with Crippen LogP contribution in [0.25, 0.3) is 0 Å². The van der Waals surface area contributed by atoms with Gasteiger partial charge in [0.1, 0.15) is 18.0 Å². The Morgan fingerprint density at radius 1 is 1.15 bits per heavy atom. The van der Waals surface area contributed by atoms with Crippen molar-refractivity contribution in [2.45, 2.75) is 12.5 Å². The van der Waals surface area contributed by atoms with E-state index in [4.69, 9.17) is 9.47 Å². The molecule has 0 saturated heterocycles. The summed E-state index contributed by atoms with van der Waals surface area (Å²) in [7, 11) is 3.06. The number of methoxy groups -OCH3 is 2. The summed E-state index contributed by atoms with van der Waals surface area (Å²) in [5.41, 5.74) is 2.60. The Kier molecular flexibility index (Phi) is 7.33. The second-order valence-electron chi connectivity index (χ2n) is 7.99. The number of carbonyl (C=O) groups excluding carboxylic acids is 2. The van der Waals surface area contributed by atoms with Crippen LogP contribution in [-0.2, 0) is 11.2 Å². The van der Waals surface area contributed by atoms with E-state index in [0.717, 1.165) is 17.5 Å². The van der Waals surface area contributed by atoms with Crippen LogP contribution in [0, 0.1) is 0 Å². The zero-order valence-corrected chi connectivity index (χ0v) is 20.2. The fraction of sp³-hybridized carbons (Fsp3) is 0.259. The lowest BCUT2D eigenvalue weighted by molar-refractivity contribution is -0.133. The Balaban J connectivity index is 1.61. The molecule has 0 radical (unpaired) electrons. The Labute approximate surface area is 204 Å². The van der Waals surface area contributed by atoms with Crippen LogP contribution in [-0.4, -0.2) is 55.5 Å². The highest BCUT2D eigenvalue weighted by atomic mass is 32.1. The first-order valence-electron chi connectivity index (χ1n) is 11.1. The fourth-order valence-electron chi connectivity index (χ4n) is 4.35. The molecule has 34 heavy (non-hydrogen) atoms. The number of rotatable bonds is 8. The van der Waals surface area contributed by atoms with E-state index in [9.17, 15) is 9.59 Å². The van der Waals surface area contributed by atoms with Crippen molar-refractivity contribution in [3.63, 3.8) is 0 Å². The van der Waals surface area contributed by atoms with Crippen LogP contribution in [0.4, 0.5) is 0 Å². The van der Waals surface area contributed by atoms with E-state index >= 15 is 0 Å². The number of fused-ring (bicyclic) bond motifs is 1. The van der Waals surface area contributed by atoms with Crippen molar-refractivity contribution in [3.05, 3.63) is 94.2 Å². The van der Waals surface area contributed by atoms with Crippen LogP contribution >= 0.6 is 11.3 Å². The first-order valence-corrected chi connectivity index (χ1v) is 12.0. The maximum Gasteiger partial charge on any atom is 0.258 e. The summed E-state index contributed by atoms with van der Waals surface area (Å²) < 4.78 is 10.7. The molecule has 1 unspecified atom stereocenters. The van der Waals surface area contributed by atoms with Gasteiger partial charge in [0.25, 0.3) is 5.91 Å². The van der Waals surface area contributed by atoms with Crippen LogP contribution in [0.3, 0.4) is 0 Å². The molecule has 2 heterocycles. The van der Waals surface area contributed by atoms with Gasteiger partial charge in [-0.15, -0.1) is 17.9 Å². The molecule has 1 aromatic heterocycles. The van der Waals surface area contributed by atoms with Gasteiger partial charge in [-0.2, -0.15) is 0 Å². The van der Waals surface area contributed by atoms with Crippen molar-refractivity contribution < 1.29 is 19.1 Å². The average Bonchev–Trinajstić information content (AvgIpc) is 3.36. The van der Waals surface area contributed by atoms with E-state index < -0.39 is 0 Å². The number of benzene rings is 2. The minimum atomic E-state index is -0.294. The van der Waals surface area contributed by atoms with Crippen molar-refractivity contribution in [2.24, 2.45) is 0 Å². The number of thiophene rings is 1. The van der Waals surface area contributed by atoms with Gasteiger partial charge in [-0.1, -0.05) is 36.4 Å². The van der Waals surface area contributed by atoms with Crippen molar-refractivity contribution in [2.75, 3.05) is 33.9 Å². The third kappa shape index (κ3) is 4.70. The topological polar surface area (TPSA) is 59.1 Å². The lowest BCUT2D eigenvalue weighted by atomic mass is 9.93. The first-order chi connectivity index (χ1) is 16.6. The second kappa shape index (κ2) is 10.6. The third-order valence-electron chi connectivity index (χ3n) is 6.00. The average molecular weight is 477 g/mol. The molecular weight excluding hydrogens is 448 g/mol. The maximum atomic E-state index is 13.6. The van der Waals surface area contributed by atoms with Crippen molar-refractivity contribution in [1.29, 1.82) is 0 Å². The van der Waals surface area contributed by atoms with Gasteiger partial charge < -0.3 is 19.3 Å². The standard InChI is InChI=1S/C27H28N2O4S/c1-4-14-28(27(31)21-11-10-20(32-2)17-23(21)33-3)18-25(30)29-15-12-24-22(13-16-34-24)26(29)19-8-6-5-7-9-19/h4-11,13,16-17,26H,1,12,14-15,18H2,2-3H3. The third-order valence-corrected chi connectivity index (χ3v) is 7.00. The molecule has 2 aromatic carbocycles. The molecule has 6 nitrogen and oxygen atoms in total. The number of carbonyl (C=O) groups is 2. The summed E-state index contributed by atoms with van der Waals surface area (Å²) >= 11 is 1.73. The van der Waals surface area contributed by atoms with Crippen LogP contribution in [0.1, 0.15) is 32.4 Å². The summed E-state index contributed by atoms with van der Waals surface area (Å²) in [6, 6.07) is 17.0. The minimum Gasteiger partial charge on any atom is -0.497 e. The predicted octanol–water partition coefficient (Wildman–Crippen LogP) is 4.57. The summed E-state index contributed by atoms with van der Waals surface area (Å²) in [5.74, 6) is 0.588. The van der Waals surface area contributed by atoms with E-state index in [-0.39, 0.29) is 30.9 Å². The highest BCUT2D eigenvalue weighted by Crippen LogP contribution is 2.38. The SMILES string of the molecule is C=CCN(CC(=O)N1CCc2sccc2C1c1ccccc1)C(=O)c1ccc(OC)cc1OC. The van der Waals surface area contributed by atoms with Gasteiger partial charge in [0, 0.05) is 24.0 Å². The lowest BCUT2D eigenvalue weighted by Gasteiger charge is -2.37. The molecule has 1 aliphatic rings. The molecule has 1 aliphatic heterocycles. The summed E-state index contributed by atoms with van der Waals surface area (Å²) in [5, 5.41) is 2.08. The molecule has 1 atom stereocenters. The van der Waals surface area contributed by atoms with Crippen molar-refractivity contribution in [1.82, 2.24) is 9.80 Å². The summed E-state index contributed by atoms with van der Waals surface area (Å²) in [6.45, 7) is 4.58. The number of ether oxygens (including phenoxy) is 2. The largest absolute Gasteiger partial charge is 0.497 e. The maximum absolute atomic E-state index is 13.6. The van der Waals surface area contributed by atoms with Crippen LogP contribution in [0.15, 0.2) is 72.6 Å². The Bertz CT molecular complexity index is 1170. The molecule has 7 heteroatoms. The Morgan fingerprint density at radius 2 is 1.94 bits per heavy atom. The predicted molar refractivity (Wildman–Crippen MR) is 134 cm³/mol. The Hall–Kier alpha value is -3.58. The smallest absolute Gasteiger partial charge is 0.258 e. The minimum absolute atomic E-state index is 0.0527. The summed E-state index contributed by atoms with van der Waals surface area (Å²) in [4.78, 5) is 31.8. The fourth-order valence-corrected chi connectivity index (χ4v) is 5.26. The molecule has 4 rings (SSSR count).